The van der Waals surface area contributed by atoms with Crippen molar-refractivity contribution in [1.29, 1.82) is 0 Å². The zero-order valence-corrected chi connectivity index (χ0v) is 18.2. The van der Waals surface area contributed by atoms with Gasteiger partial charge in [-0.2, -0.15) is 0 Å². The van der Waals surface area contributed by atoms with Crippen LogP contribution in [0.5, 0.6) is 11.5 Å². The number of aromatic nitrogens is 1. The number of carbonyl (C=O) groups excluding carboxylic acids is 2. The maximum atomic E-state index is 12.2. The molecular formula is C23H22N2O5S. The molecule has 0 spiro atoms. The Morgan fingerprint density at radius 2 is 1.97 bits per heavy atom. The Balaban J connectivity index is 1.54. The van der Waals surface area contributed by atoms with Crippen LogP contribution in [0.2, 0.25) is 0 Å². The van der Waals surface area contributed by atoms with E-state index in [2.05, 4.69) is 10.3 Å². The van der Waals surface area contributed by atoms with Crippen LogP contribution in [0.15, 0.2) is 53.9 Å². The Labute approximate surface area is 184 Å². The fraction of sp³-hybridized carbons (Fsp3) is 0.174. The molecule has 0 bridgehead atoms. The molecule has 31 heavy (non-hydrogen) atoms. The van der Waals surface area contributed by atoms with E-state index in [0.29, 0.717) is 22.7 Å². The summed E-state index contributed by atoms with van der Waals surface area (Å²) in [5.74, 6) is 0.119. The van der Waals surface area contributed by atoms with Crippen LogP contribution in [0.1, 0.15) is 10.6 Å². The average molecular weight is 439 g/mol. The molecular weight excluding hydrogens is 416 g/mol. The van der Waals surface area contributed by atoms with Gasteiger partial charge in [-0.3, -0.25) is 4.79 Å². The highest BCUT2D eigenvalue weighted by atomic mass is 32.1. The van der Waals surface area contributed by atoms with Crippen molar-refractivity contribution < 1.29 is 23.8 Å². The minimum absolute atomic E-state index is 0.400. The van der Waals surface area contributed by atoms with Crippen molar-refractivity contribution in [2.24, 2.45) is 0 Å². The van der Waals surface area contributed by atoms with Crippen molar-refractivity contribution in [2.45, 2.75) is 6.92 Å². The van der Waals surface area contributed by atoms with Crippen LogP contribution in [-0.2, 0) is 14.3 Å². The quantitative estimate of drug-likeness (QED) is 0.416. The van der Waals surface area contributed by atoms with Gasteiger partial charge in [-0.15, -0.1) is 11.3 Å². The molecule has 1 N–H and O–H groups in total. The van der Waals surface area contributed by atoms with Crippen molar-refractivity contribution in [3.05, 3.63) is 64.5 Å². The van der Waals surface area contributed by atoms with Gasteiger partial charge in [-0.1, -0.05) is 12.1 Å². The van der Waals surface area contributed by atoms with Gasteiger partial charge in [0.1, 0.15) is 11.5 Å². The average Bonchev–Trinajstić information content (AvgIpc) is 3.22. The number of benzene rings is 2. The molecule has 1 amide bonds. The molecule has 2 aromatic carbocycles. The van der Waals surface area contributed by atoms with Crippen molar-refractivity contribution in [3.8, 4) is 22.8 Å². The van der Waals surface area contributed by atoms with Gasteiger partial charge in [0.25, 0.3) is 5.91 Å². The number of ether oxygens (including phenoxy) is 3. The lowest BCUT2D eigenvalue weighted by Crippen LogP contribution is -2.20. The third-order valence-electron chi connectivity index (χ3n) is 4.25. The second-order valence-electron chi connectivity index (χ2n) is 6.43. The van der Waals surface area contributed by atoms with Gasteiger partial charge in [0.2, 0.25) is 0 Å². The van der Waals surface area contributed by atoms with E-state index in [0.717, 1.165) is 16.3 Å². The molecule has 0 unspecified atom stereocenters. The SMILES string of the molecule is COc1ccc(/C=C/C(=O)OCC(=O)Nc2cccc(-c3csc(C)n3)c2)c(OC)c1. The summed E-state index contributed by atoms with van der Waals surface area (Å²) in [4.78, 5) is 28.6. The topological polar surface area (TPSA) is 86.8 Å². The molecule has 160 valence electrons. The molecule has 1 aromatic heterocycles. The summed E-state index contributed by atoms with van der Waals surface area (Å²) in [5, 5.41) is 5.65. The van der Waals surface area contributed by atoms with Gasteiger partial charge >= 0.3 is 5.97 Å². The number of nitrogens with one attached hydrogen (secondary N) is 1. The molecule has 0 aliphatic carbocycles. The minimum Gasteiger partial charge on any atom is -0.497 e. The predicted molar refractivity (Wildman–Crippen MR) is 120 cm³/mol. The number of methoxy groups -OCH3 is 2. The first kappa shape index (κ1) is 22.0. The monoisotopic (exact) mass is 438 g/mol. The molecule has 0 aliphatic heterocycles. The van der Waals surface area contributed by atoms with Crippen LogP contribution < -0.4 is 14.8 Å². The molecule has 0 aliphatic rings. The van der Waals surface area contributed by atoms with Crippen LogP contribution >= 0.6 is 11.3 Å². The number of nitrogens with zero attached hydrogens (tertiary/aromatic N) is 1. The summed E-state index contributed by atoms with van der Waals surface area (Å²) < 4.78 is 15.4. The van der Waals surface area contributed by atoms with Gasteiger partial charge < -0.3 is 19.5 Å². The van der Waals surface area contributed by atoms with E-state index in [1.807, 2.05) is 30.5 Å². The lowest BCUT2D eigenvalue weighted by molar-refractivity contribution is -0.142. The maximum Gasteiger partial charge on any atom is 0.331 e. The number of anilines is 1. The number of carbonyl (C=O) groups is 2. The van der Waals surface area contributed by atoms with E-state index in [1.165, 1.54) is 13.2 Å². The largest absolute Gasteiger partial charge is 0.497 e. The molecule has 0 saturated carbocycles. The van der Waals surface area contributed by atoms with Gasteiger partial charge in [0, 0.05) is 34.3 Å². The molecule has 0 saturated heterocycles. The minimum atomic E-state index is -0.639. The number of esters is 1. The molecule has 0 fully saturated rings. The van der Waals surface area contributed by atoms with Crippen LogP contribution in [0.4, 0.5) is 5.69 Å². The predicted octanol–water partition coefficient (Wildman–Crippen LogP) is 4.33. The molecule has 0 radical (unpaired) electrons. The van der Waals surface area contributed by atoms with Gasteiger partial charge in [0.05, 0.1) is 24.9 Å². The van der Waals surface area contributed by atoms with Crippen LogP contribution in [0, 0.1) is 6.92 Å². The summed E-state index contributed by atoms with van der Waals surface area (Å²) >= 11 is 1.56. The molecule has 7 nitrogen and oxygen atoms in total. The summed E-state index contributed by atoms with van der Waals surface area (Å²) in [6.07, 6.45) is 2.79. The standard InChI is InChI=1S/C23H22N2O5S/c1-15-24-20(14-31-15)17-5-4-6-18(11-17)25-22(26)13-30-23(27)10-8-16-7-9-19(28-2)12-21(16)29-3/h4-12,14H,13H2,1-3H3,(H,25,26)/b10-8+. The second-order valence-corrected chi connectivity index (χ2v) is 7.49. The number of rotatable bonds is 8. The zero-order valence-electron chi connectivity index (χ0n) is 17.4. The van der Waals surface area contributed by atoms with E-state index >= 15 is 0 Å². The summed E-state index contributed by atoms with van der Waals surface area (Å²) in [6, 6.07) is 12.5. The molecule has 8 heteroatoms. The summed E-state index contributed by atoms with van der Waals surface area (Å²) in [5.41, 5.74) is 3.03. The lowest BCUT2D eigenvalue weighted by atomic mass is 10.1. The molecule has 3 aromatic rings. The van der Waals surface area contributed by atoms with E-state index in [-0.39, 0.29) is 0 Å². The molecule has 1 heterocycles. The third-order valence-corrected chi connectivity index (χ3v) is 5.02. The zero-order chi connectivity index (χ0) is 22.2. The smallest absolute Gasteiger partial charge is 0.331 e. The highest BCUT2D eigenvalue weighted by molar-refractivity contribution is 7.09. The van der Waals surface area contributed by atoms with E-state index in [9.17, 15) is 9.59 Å². The number of aryl methyl sites for hydroxylation is 1. The summed E-state index contributed by atoms with van der Waals surface area (Å²) in [7, 11) is 3.09. The lowest BCUT2D eigenvalue weighted by Gasteiger charge is -2.08. The van der Waals surface area contributed by atoms with Crippen LogP contribution in [0.3, 0.4) is 0 Å². The molecule has 0 atom stereocenters. The highest BCUT2D eigenvalue weighted by Gasteiger charge is 2.09. The van der Waals surface area contributed by atoms with Crippen molar-refractivity contribution >= 4 is 35.0 Å². The number of thiazole rings is 1. The Morgan fingerprint density at radius 3 is 2.68 bits per heavy atom. The van der Waals surface area contributed by atoms with Crippen molar-refractivity contribution in [2.75, 3.05) is 26.1 Å². The fourth-order valence-corrected chi connectivity index (χ4v) is 3.37. The molecule has 3 rings (SSSR count). The normalized spacial score (nSPS) is 10.7. The van der Waals surface area contributed by atoms with Crippen LogP contribution in [-0.4, -0.2) is 37.7 Å². The van der Waals surface area contributed by atoms with Crippen LogP contribution in [0.25, 0.3) is 17.3 Å². The Bertz CT molecular complexity index is 1110. The highest BCUT2D eigenvalue weighted by Crippen LogP contribution is 2.26. The number of hydrogen-bond donors (Lipinski definition) is 1. The Kier molecular flexibility index (Phi) is 7.40. The number of amides is 1. The van der Waals surface area contributed by atoms with Gasteiger partial charge in [-0.25, -0.2) is 9.78 Å². The summed E-state index contributed by atoms with van der Waals surface area (Å²) in [6.45, 7) is 1.54. The van der Waals surface area contributed by atoms with Crippen molar-refractivity contribution in [1.82, 2.24) is 4.98 Å². The van der Waals surface area contributed by atoms with Crippen molar-refractivity contribution in [3.63, 3.8) is 0 Å². The second kappa shape index (κ2) is 10.4. The van der Waals surface area contributed by atoms with Gasteiger partial charge in [-0.05, 0) is 37.3 Å². The Hall–Kier alpha value is -3.65. The van der Waals surface area contributed by atoms with E-state index in [1.54, 1.807) is 48.8 Å². The number of hydrogen-bond acceptors (Lipinski definition) is 7. The first-order valence-corrected chi connectivity index (χ1v) is 10.3. The third kappa shape index (κ3) is 6.16. The maximum absolute atomic E-state index is 12.2. The first-order valence-electron chi connectivity index (χ1n) is 9.38. The van der Waals surface area contributed by atoms with Gasteiger partial charge in [0.15, 0.2) is 6.61 Å². The fourth-order valence-electron chi connectivity index (χ4n) is 2.75. The first-order chi connectivity index (χ1) is 15.0. The van der Waals surface area contributed by atoms with E-state index in [4.69, 9.17) is 14.2 Å². The Morgan fingerprint density at radius 1 is 1.13 bits per heavy atom. The van der Waals surface area contributed by atoms with E-state index < -0.39 is 18.5 Å².